The summed E-state index contributed by atoms with van der Waals surface area (Å²) in [4.78, 5) is 11.4. The van der Waals surface area contributed by atoms with E-state index in [1.165, 1.54) is 44.2 Å². The normalized spacial score (nSPS) is 17.6. The lowest BCUT2D eigenvalue weighted by molar-refractivity contribution is 0.282. The summed E-state index contributed by atoms with van der Waals surface area (Å²) in [5.41, 5.74) is 1.91. The number of nitrogens with zero attached hydrogens (tertiary/aromatic N) is 3. The Morgan fingerprint density at radius 1 is 1.06 bits per heavy atom. The van der Waals surface area contributed by atoms with Crippen LogP contribution in [0.15, 0.2) is 42.5 Å². The van der Waals surface area contributed by atoms with Crippen LogP contribution in [0.1, 0.15) is 51.5 Å². The van der Waals surface area contributed by atoms with E-state index in [0.717, 1.165) is 58.8 Å². The predicted octanol–water partition coefficient (Wildman–Crippen LogP) is 6.72. The van der Waals surface area contributed by atoms with Crippen LogP contribution < -0.4 is 15.0 Å². The highest BCUT2D eigenvalue weighted by atomic mass is 19.1. The van der Waals surface area contributed by atoms with Crippen LogP contribution in [-0.2, 0) is 6.42 Å². The first-order chi connectivity index (χ1) is 16.4. The minimum atomic E-state index is -0.206. The molecule has 1 N–H and O–H groups in total. The van der Waals surface area contributed by atoms with Crippen molar-refractivity contribution < 1.29 is 9.13 Å². The summed E-state index contributed by atoms with van der Waals surface area (Å²) in [6.45, 7) is 5.31. The van der Waals surface area contributed by atoms with Gasteiger partial charge in [-0.05, 0) is 60.6 Å². The van der Waals surface area contributed by atoms with Crippen LogP contribution in [0.5, 0.6) is 5.75 Å². The minimum Gasteiger partial charge on any atom is -0.496 e. The van der Waals surface area contributed by atoms with Crippen molar-refractivity contribution in [2.24, 2.45) is 11.8 Å². The van der Waals surface area contributed by atoms with Crippen molar-refractivity contribution in [2.75, 3.05) is 38.0 Å². The van der Waals surface area contributed by atoms with Gasteiger partial charge < -0.3 is 15.0 Å². The van der Waals surface area contributed by atoms with E-state index in [2.05, 4.69) is 34.3 Å². The van der Waals surface area contributed by atoms with Gasteiger partial charge in [-0.1, -0.05) is 51.7 Å². The van der Waals surface area contributed by atoms with Gasteiger partial charge in [-0.25, -0.2) is 9.37 Å². The first kappa shape index (κ1) is 25.7. The smallest absolute Gasteiger partial charge is 0.225 e. The molecule has 0 bridgehead atoms. The summed E-state index contributed by atoms with van der Waals surface area (Å²) in [6, 6.07) is 12.7. The van der Waals surface area contributed by atoms with Gasteiger partial charge in [-0.15, -0.1) is 0 Å². The number of ether oxygens (including phenoxy) is 1. The Kier molecular flexibility index (Phi) is 9.49. The van der Waals surface area contributed by atoms with Gasteiger partial charge in [0, 0.05) is 26.0 Å². The molecule has 0 atom stereocenters. The first-order valence-electron chi connectivity index (χ1n) is 12.4. The molecule has 1 aliphatic rings. The number of halogens is 1. The molecular formula is C28H39FN4O. The summed E-state index contributed by atoms with van der Waals surface area (Å²) >= 11 is 0. The third-order valence-electron chi connectivity index (χ3n) is 6.60. The zero-order valence-corrected chi connectivity index (χ0v) is 21.3. The Hall–Kier alpha value is -2.89. The number of para-hydroxylation sites is 1. The molecule has 1 heterocycles. The van der Waals surface area contributed by atoms with Crippen molar-refractivity contribution in [1.82, 2.24) is 9.97 Å². The average molecular weight is 467 g/mol. The van der Waals surface area contributed by atoms with Crippen LogP contribution in [0.25, 0.3) is 10.9 Å². The molecule has 0 unspecified atom stereocenters. The lowest BCUT2D eigenvalue weighted by Gasteiger charge is -2.26. The largest absolute Gasteiger partial charge is 0.496 e. The molecule has 2 aromatic carbocycles. The highest BCUT2D eigenvalue weighted by Crippen LogP contribution is 2.30. The Bertz CT molecular complexity index is 1050. The van der Waals surface area contributed by atoms with Crippen molar-refractivity contribution in [2.45, 2.75) is 52.4 Å². The van der Waals surface area contributed by atoms with E-state index in [1.807, 2.05) is 33.2 Å². The number of hydrogen-bond acceptors (Lipinski definition) is 5. The Morgan fingerprint density at radius 2 is 1.79 bits per heavy atom. The number of fused-ring (bicyclic) bond motifs is 1. The number of methoxy groups -OCH3 is 1. The lowest BCUT2D eigenvalue weighted by atomic mass is 9.81. The predicted molar refractivity (Wildman–Crippen MR) is 140 cm³/mol. The number of aryl methyl sites for hydroxylation is 1. The van der Waals surface area contributed by atoms with Gasteiger partial charge >= 0.3 is 0 Å². The summed E-state index contributed by atoms with van der Waals surface area (Å²) < 4.78 is 17.6. The van der Waals surface area contributed by atoms with Crippen molar-refractivity contribution in [3.05, 3.63) is 53.8 Å². The number of rotatable bonds is 7. The van der Waals surface area contributed by atoms with Crippen molar-refractivity contribution in [3.63, 3.8) is 0 Å². The van der Waals surface area contributed by atoms with Gasteiger partial charge in [0.1, 0.15) is 17.4 Å². The quantitative estimate of drug-likeness (QED) is 0.419. The molecule has 3 aromatic rings. The van der Waals surface area contributed by atoms with Crippen LogP contribution in [0, 0.1) is 17.7 Å². The first-order valence-corrected chi connectivity index (χ1v) is 12.4. The van der Waals surface area contributed by atoms with E-state index >= 15 is 0 Å². The standard InChI is InChI=1S/C19H28N4.C9H11FO/c1-14-8-10-15(11-9-14)12-13-20-19-21-17-7-5-4-6-16(17)18(22-19)23(2)3;1-3-7-6-8(10)4-5-9(7)11-2/h4-7,14-15H,8-13H2,1-3H3,(H,20,21,22);4-6H,3H2,1-2H3. The highest BCUT2D eigenvalue weighted by Gasteiger charge is 2.18. The maximum absolute atomic E-state index is 12.6. The fourth-order valence-corrected chi connectivity index (χ4v) is 4.51. The molecule has 4 rings (SSSR count). The fourth-order valence-electron chi connectivity index (χ4n) is 4.51. The van der Waals surface area contributed by atoms with Crippen molar-refractivity contribution >= 4 is 22.7 Å². The van der Waals surface area contributed by atoms with Gasteiger partial charge in [-0.2, -0.15) is 4.98 Å². The van der Waals surface area contributed by atoms with E-state index < -0.39 is 0 Å². The third-order valence-corrected chi connectivity index (χ3v) is 6.60. The molecule has 1 saturated carbocycles. The molecule has 0 aliphatic heterocycles. The van der Waals surface area contributed by atoms with Gasteiger partial charge in [0.2, 0.25) is 5.95 Å². The molecule has 0 radical (unpaired) electrons. The minimum absolute atomic E-state index is 0.206. The molecule has 0 saturated heterocycles. The number of hydrogen-bond donors (Lipinski definition) is 1. The SMILES string of the molecule is CC1CCC(CCNc2nc(N(C)C)c3ccccc3n2)CC1.CCc1cc(F)ccc1OC. The van der Waals surface area contributed by atoms with E-state index in [4.69, 9.17) is 9.72 Å². The molecule has 0 spiro atoms. The zero-order valence-electron chi connectivity index (χ0n) is 21.3. The van der Waals surface area contributed by atoms with Gasteiger partial charge in [0.05, 0.1) is 12.6 Å². The summed E-state index contributed by atoms with van der Waals surface area (Å²) in [5, 5.41) is 4.54. The summed E-state index contributed by atoms with van der Waals surface area (Å²) in [7, 11) is 5.65. The second-order valence-corrected chi connectivity index (χ2v) is 9.43. The van der Waals surface area contributed by atoms with E-state index in [9.17, 15) is 4.39 Å². The highest BCUT2D eigenvalue weighted by molar-refractivity contribution is 5.90. The Labute approximate surface area is 203 Å². The molecule has 5 nitrogen and oxygen atoms in total. The number of anilines is 2. The molecular weight excluding hydrogens is 427 g/mol. The Morgan fingerprint density at radius 3 is 2.47 bits per heavy atom. The van der Waals surface area contributed by atoms with Gasteiger partial charge in [0.25, 0.3) is 0 Å². The van der Waals surface area contributed by atoms with E-state index in [1.54, 1.807) is 13.2 Å². The maximum atomic E-state index is 12.6. The second kappa shape index (κ2) is 12.5. The van der Waals surface area contributed by atoms with Gasteiger partial charge in [0.15, 0.2) is 0 Å². The van der Waals surface area contributed by atoms with Crippen LogP contribution in [-0.4, -0.2) is 37.7 Å². The van der Waals surface area contributed by atoms with Crippen molar-refractivity contribution in [1.29, 1.82) is 0 Å². The molecule has 184 valence electrons. The number of benzene rings is 2. The van der Waals surface area contributed by atoms with Crippen molar-refractivity contribution in [3.8, 4) is 5.75 Å². The zero-order chi connectivity index (χ0) is 24.5. The van der Waals surface area contributed by atoms with Crippen LogP contribution in [0.3, 0.4) is 0 Å². The topological polar surface area (TPSA) is 50.3 Å². The fraction of sp³-hybridized carbons (Fsp3) is 0.500. The lowest BCUT2D eigenvalue weighted by Crippen LogP contribution is -2.17. The maximum Gasteiger partial charge on any atom is 0.225 e. The monoisotopic (exact) mass is 466 g/mol. The van der Waals surface area contributed by atoms with Crippen LogP contribution in [0.2, 0.25) is 0 Å². The Balaban J connectivity index is 0.000000248. The number of aromatic nitrogens is 2. The van der Waals surface area contributed by atoms with E-state index in [-0.39, 0.29) is 5.82 Å². The van der Waals surface area contributed by atoms with Crippen LogP contribution in [0.4, 0.5) is 16.2 Å². The third kappa shape index (κ3) is 7.05. The molecule has 0 amide bonds. The molecule has 34 heavy (non-hydrogen) atoms. The second-order valence-electron chi connectivity index (χ2n) is 9.43. The molecule has 1 aliphatic carbocycles. The molecule has 1 fully saturated rings. The molecule has 6 heteroatoms. The molecule has 1 aromatic heterocycles. The van der Waals surface area contributed by atoms with E-state index in [0.29, 0.717) is 0 Å². The van der Waals surface area contributed by atoms with Gasteiger partial charge in [-0.3, -0.25) is 0 Å². The number of nitrogens with one attached hydrogen (secondary N) is 1. The average Bonchev–Trinajstić information content (AvgIpc) is 2.85. The van der Waals surface area contributed by atoms with Crippen LogP contribution >= 0.6 is 0 Å². The summed E-state index contributed by atoms with van der Waals surface area (Å²) in [6.07, 6.45) is 7.56. The summed E-state index contributed by atoms with van der Waals surface area (Å²) in [5.74, 6) is 4.07.